The second kappa shape index (κ2) is 5.69. The number of nitrogens with two attached hydrogens (primary N) is 1. The van der Waals surface area contributed by atoms with Gasteiger partial charge in [-0.05, 0) is 33.6 Å². The molecule has 0 aliphatic carbocycles. The van der Waals surface area contributed by atoms with Crippen LogP contribution in [-0.4, -0.2) is 47.4 Å². The van der Waals surface area contributed by atoms with Crippen molar-refractivity contribution in [1.82, 2.24) is 4.90 Å². The summed E-state index contributed by atoms with van der Waals surface area (Å²) in [5, 5.41) is 9.71. The zero-order valence-electron chi connectivity index (χ0n) is 11.0. The predicted octanol–water partition coefficient (Wildman–Crippen LogP) is 0.953. The molecule has 5 heteroatoms. The molecule has 0 bridgehead atoms. The highest BCUT2D eigenvalue weighted by Gasteiger charge is 2.30. The molecule has 17 heavy (non-hydrogen) atoms. The molecule has 1 fully saturated rings. The highest BCUT2D eigenvalue weighted by Crippen LogP contribution is 2.21. The van der Waals surface area contributed by atoms with Crippen molar-refractivity contribution >= 4 is 6.09 Å². The number of carbonyl (C=O) groups excluding carboxylic acids is 1. The molecule has 0 radical (unpaired) electrons. The molecule has 1 heterocycles. The Bertz CT molecular complexity index is 263. The summed E-state index contributed by atoms with van der Waals surface area (Å²) in [6, 6.07) is 0. The lowest BCUT2D eigenvalue weighted by molar-refractivity contribution is 0.00414. The van der Waals surface area contributed by atoms with Crippen molar-refractivity contribution in [3.05, 3.63) is 0 Å². The zero-order valence-corrected chi connectivity index (χ0v) is 11.0. The van der Waals surface area contributed by atoms with E-state index in [9.17, 15) is 9.90 Å². The van der Waals surface area contributed by atoms with Gasteiger partial charge in [0.25, 0.3) is 0 Å². The largest absolute Gasteiger partial charge is 0.444 e. The molecule has 0 aromatic heterocycles. The number of hydrogen-bond acceptors (Lipinski definition) is 4. The molecule has 1 rings (SSSR count). The summed E-state index contributed by atoms with van der Waals surface area (Å²) in [4.78, 5) is 13.5. The number of ether oxygens (including phenoxy) is 1. The van der Waals surface area contributed by atoms with Gasteiger partial charge in [0, 0.05) is 25.6 Å². The van der Waals surface area contributed by atoms with E-state index in [1.165, 1.54) is 0 Å². The summed E-state index contributed by atoms with van der Waals surface area (Å²) in [7, 11) is 0. The van der Waals surface area contributed by atoms with Gasteiger partial charge in [0.1, 0.15) is 5.60 Å². The minimum atomic E-state index is -0.528. The second-order valence-corrected chi connectivity index (χ2v) is 5.63. The van der Waals surface area contributed by atoms with E-state index in [0.29, 0.717) is 13.1 Å². The molecular formula is C12H24N2O3. The number of carbonyl (C=O) groups is 1. The molecule has 0 aromatic rings. The normalized spacial score (nSPS) is 23.4. The van der Waals surface area contributed by atoms with Gasteiger partial charge >= 0.3 is 6.09 Å². The van der Waals surface area contributed by atoms with Crippen LogP contribution in [0.4, 0.5) is 4.79 Å². The summed E-state index contributed by atoms with van der Waals surface area (Å²) in [6.45, 7) is 7.02. The van der Waals surface area contributed by atoms with Crippen molar-refractivity contribution in [2.75, 3.05) is 19.6 Å². The number of likely N-dealkylation sites (tertiary alicyclic amines) is 1. The van der Waals surface area contributed by atoms with E-state index >= 15 is 0 Å². The Hall–Kier alpha value is -0.810. The first-order valence-electron chi connectivity index (χ1n) is 6.19. The molecular weight excluding hydrogens is 220 g/mol. The lowest BCUT2D eigenvalue weighted by atomic mass is 9.93. The fourth-order valence-electron chi connectivity index (χ4n) is 2.01. The van der Waals surface area contributed by atoms with Crippen LogP contribution in [-0.2, 0) is 4.74 Å². The van der Waals surface area contributed by atoms with Crippen molar-refractivity contribution < 1.29 is 14.6 Å². The fourth-order valence-corrected chi connectivity index (χ4v) is 2.01. The van der Waals surface area contributed by atoms with Crippen molar-refractivity contribution in [3.8, 4) is 0 Å². The highest BCUT2D eigenvalue weighted by atomic mass is 16.6. The summed E-state index contributed by atoms with van der Waals surface area (Å²) in [6.07, 6.45) is 0.977. The summed E-state index contributed by atoms with van der Waals surface area (Å²) in [5.41, 5.74) is 4.97. The SMILES string of the molecule is CC(C)(C)OC(=O)N1CCCC(C(O)CN)C1. The lowest BCUT2D eigenvalue weighted by Gasteiger charge is -2.35. The lowest BCUT2D eigenvalue weighted by Crippen LogP contribution is -2.46. The molecule has 1 aliphatic heterocycles. The Kier molecular flexibility index (Phi) is 4.77. The first-order valence-corrected chi connectivity index (χ1v) is 6.19. The van der Waals surface area contributed by atoms with Crippen LogP contribution in [0.5, 0.6) is 0 Å². The van der Waals surface area contributed by atoms with E-state index in [-0.39, 0.29) is 18.6 Å². The summed E-state index contributed by atoms with van der Waals surface area (Å²) in [5.74, 6) is 0.0706. The third-order valence-electron chi connectivity index (χ3n) is 2.90. The maximum absolute atomic E-state index is 11.9. The molecule has 1 saturated heterocycles. The fraction of sp³-hybridized carbons (Fsp3) is 0.917. The standard InChI is InChI=1S/C12H24N2O3/c1-12(2,3)17-11(16)14-6-4-5-9(8-14)10(15)7-13/h9-10,15H,4-8,13H2,1-3H3. The van der Waals surface area contributed by atoms with Crippen LogP contribution in [0.3, 0.4) is 0 Å². The predicted molar refractivity (Wildman–Crippen MR) is 65.6 cm³/mol. The van der Waals surface area contributed by atoms with Gasteiger partial charge < -0.3 is 20.5 Å². The third-order valence-corrected chi connectivity index (χ3v) is 2.90. The maximum atomic E-state index is 11.9. The first-order chi connectivity index (χ1) is 7.83. The quantitative estimate of drug-likeness (QED) is 0.758. The van der Waals surface area contributed by atoms with E-state index in [2.05, 4.69) is 0 Å². The molecule has 1 aliphatic rings. The van der Waals surface area contributed by atoms with Crippen molar-refractivity contribution in [3.63, 3.8) is 0 Å². The molecule has 3 N–H and O–H groups in total. The van der Waals surface area contributed by atoms with Crippen LogP contribution in [0.25, 0.3) is 0 Å². The van der Waals surface area contributed by atoms with Crippen LogP contribution >= 0.6 is 0 Å². The Morgan fingerprint density at radius 3 is 2.76 bits per heavy atom. The molecule has 0 spiro atoms. The second-order valence-electron chi connectivity index (χ2n) is 5.63. The molecule has 0 aromatic carbocycles. The zero-order chi connectivity index (χ0) is 13.1. The average molecular weight is 244 g/mol. The Morgan fingerprint density at radius 1 is 1.59 bits per heavy atom. The number of aliphatic hydroxyl groups excluding tert-OH is 1. The van der Waals surface area contributed by atoms with Crippen LogP contribution in [0.1, 0.15) is 33.6 Å². The van der Waals surface area contributed by atoms with Gasteiger partial charge in [0.2, 0.25) is 0 Å². The Morgan fingerprint density at radius 2 is 2.24 bits per heavy atom. The summed E-state index contributed by atoms with van der Waals surface area (Å²) >= 11 is 0. The molecule has 2 atom stereocenters. The minimum Gasteiger partial charge on any atom is -0.444 e. The number of aliphatic hydroxyl groups is 1. The van der Waals surface area contributed by atoms with Crippen LogP contribution in [0, 0.1) is 5.92 Å². The smallest absolute Gasteiger partial charge is 0.410 e. The van der Waals surface area contributed by atoms with Gasteiger partial charge in [0.05, 0.1) is 6.10 Å². The van der Waals surface area contributed by atoms with Gasteiger partial charge in [-0.1, -0.05) is 0 Å². The number of piperidine rings is 1. The van der Waals surface area contributed by atoms with Crippen molar-refractivity contribution in [2.24, 2.45) is 11.7 Å². The van der Waals surface area contributed by atoms with E-state index < -0.39 is 11.7 Å². The molecule has 2 unspecified atom stereocenters. The molecule has 5 nitrogen and oxygen atoms in total. The van der Waals surface area contributed by atoms with Gasteiger partial charge in [-0.3, -0.25) is 0 Å². The Balaban J connectivity index is 2.52. The molecule has 100 valence electrons. The van der Waals surface area contributed by atoms with E-state index in [4.69, 9.17) is 10.5 Å². The first kappa shape index (κ1) is 14.3. The molecule has 0 saturated carbocycles. The average Bonchev–Trinajstić information content (AvgIpc) is 2.26. The number of rotatable bonds is 2. The van der Waals surface area contributed by atoms with E-state index in [1.54, 1.807) is 4.90 Å². The van der Waals surface area contributed by atoms with Crippen LogP contribution < -0.4 is 5.73 Å². The van der Waals surface area contributed by atoms with Gasteiger partial charge in [-0.15, -0.1) is 0 Å². The number of amides is 1. The van der Waals surface area contributed by atoms with Gasteiger partial charge in [-0.2, -0.15) is 0 Å². The summed E-state index contributed by atoms with van der Waals surface area (Å²) < 4.78 is 5.31. The van der Waals surface area contributed by atoms with Crippen molar-refractivity contribution in [1.29, 1.82) is 0 Å². The van der Waals surface area contributed by atoms with E-state index in [0.717, 1.165) is 12.8 Å². The number of hydrogen-bond donors (Lipinski definition) is 2. The van der Waals surface area contributed by atoms with Gasteiger partial charge in [0.15, 0.2) is 0 Å². The topological polar surface area (TPSA) is 75.8 Å². The monoisotopic (exact) mass is 244 g/mol. The molecule has 1 amide bonds. The number of nitrogens with zero attached hydrogens (tertiary/aromatic N) is 1. The van der Waals surface area contributed by atoms with Crippen molar-refractivity contribution in [2.45, 2.75) is 45.3 Å². The Labute approximate surface area is 103 Å². The third kappa shape index (κ3) is 4.52. The maximum Gasteiger partial charge on any atom is 0.410 e. The minimum absolute atomic E-state index is 0.0706. The van der Waals surface area contributed by atoms with E-state index in [1.807, 2.05) is 20.8 Å². The van der Waals surface area contributed by atoms with Gasteiger partial charge in [-0.25, -0.2) is 4.79 Å². The highest BCUT2D eigenvalue weighted by molar-refractivity contribution is 5.68. The van der Waals surface area contributed by atoms with Crippen LogP contribution in [0.15, 0.2) is 0 Å². The van der Waals surface area contributed by atoms with Crippen LogP contribution in [0.2, 0.25) is 0 Å².